The average molecular weight is 256 g/mol. The van der Waals surface area contributed by atoms with E-state index >= 15 is 0 Å². The lowest BCUT2D eigenvalue weighted by atomic mass is 10.1. The van der Waals surface area contributed by atoms with Crippen LogP contribution in [0.15, 0.2) is 41.4 Å². The van der Waals surface area contributed by atoms with Gasteiger partial charge in [-0.25, -0.2) is 0 Å². The molecule has 2 aromatic heterocycles. The molecule has 0 unspecified atom stereocenters. The molecule has 0 bridgehead atoms. The van der Waals surface area contributed by atoms with E-state index in [4.69, 9.17) is 4.52 Å². The van der Waals surface area contributed by atoms with E-state index in [2.05, 4.69) is 57.1 Å². The van der Waals surface area contributed by atoms with Crippen molar-refractivity contribution in [3.05, 3.63) is 48.2 Å². The Hall–Kier alpha value is -2.14. The summed E-state index contributed by atoms with van der Waals surface area (Å²) in [6.45, 7) is 1.54. The second-order valence-electron chi connectivity index (χ2n) is 4.84. The van der Waals surface area contributed by atoms with E-state index in [1.54, 1.807) is 0 Å². The molecule has 0 aliphatic carbocycles. The molecule has 5 nitrogen and oxygen atoms in total. The molecule has 3 aromatic rings. The lowest BCUT2D eigenvalue weighted by molar-refractivity contribution is 0.301. The van der Waals surface area contributed by atoms with Crippen LogP contribution in [0.5, 0.6) is 0 Å². The van der Waals surface area contributed by atoms with Crippen molar-refractivity contribution in [1.82, 2.24) is 19.6 Å². The molecule has 0 aliphatic rings. The normalized spacial score (nSPS) is 11.5. The van der Waals surface area contributed by atoms with Gasteiger partial charge in [-0.1, -0.05) is 11.2 Å². The summed E-state index contributed by atoms with van der Waals surface area (Å²) in [5.41, 5.74) is 2.54. The molecule has 19 heavy (non-hydrogen) atoms. The van der Waals surface area contributed by atoms with Crippen LogP contribution in [0.3, 0.4) is 0 Å². The van der Waals surface area contributed by atoms with Crippen LogP contribution in [0.4, 0.5) is 0 Å². The summed E-state index contributed by atoms with van der Waals surface area (Å²) in [6, 6.07) is 8.68. The third-order valence-electron chi connectivity index (χ3n) is 3.22. The lowest BCUT2D eigenvalue weighted by Gasteiger charge is -2.14. The highest BCUT2D eigenvalue weighted by Gasteiger charge is 2.06. The highest BCUT2D eigenvalue weighted by atomic mass is 16.5. The quantitative estimate of drug-likeness (QED) is 0.718. The third-order valence-corrected chi connectivity index (χ3v) is 3.22. The Labute approximate surface area is 111 Å². The topological polar surface area (TPSA) is 47.1 Å². The average Bonchev–Trinajstić information content (AvgIpc) is 3.00. The second kappa shape index (κ2) is 4.85. The van der Waals surface area contributed by atoms with Crippen molar-refractivity contribution in [2.75, 3.05) is 7.05 Å². The summed E-state index contributed by atoms with van der Waals surface area (Å²) in [5, 5.41) is 5.09. The van der Waals surface area contributed by atoms with Crippen molar-refractivity contribution in [2.24, 2.45) is 7.05 Å². The molecule has 0 saturated heterocycles. The Morgan fingerprint density at radius 1 is 1.26 bits per heavy atom. The van der Waals surface area contributed by atoms with Crippen LogP contribution in [0.2, 0.25) is 0 Å². The Kier molecular flexibility index (Phi) is 3.05. The summed E-state index contributed by atoms with van der Waals surface area (Å²) in [5.74, 6) is 0.711. The predicted octanol–water partition coefficient (Wildman–Crippen LogP) is 2.19. The van der Waals surface area contributed by atoms with Crippen molar-refractivity contribution < 1.29 is 4.52 Å². The van der Waals surface area contributed by atoms with Gasteiger partial charge in [-0.15, -0.1) is 0 Å². The monoisotopic (exact) mass is 256 g/mol. The number of aromatic nitrogens is 3. The molecule has 3 rings (SSSR count). The van der Waals surface area contributed by atoms with Crippen molar-refractivity contribution in [3.8, 4) is 0 Å². The van der Waals surface area contributed by atoms with Gasteiger partial charge in [0, 0.05) is 25.3 Å². The number of fused-ring (bicyclic) bond motifs is 1. The maximum Gasteiger partial charge on any atom is 0.213 e. The number of hydrogen-bond donors (Lipinski definition) is 0. The standard InChI is InChI=1S/C14H16N4O/c1-17(9-14-15-10-19-16-14)8-11-3-4-13-12(7-11)5-6-18(13)2/h3-7,10H,8-9H2,1-2H3. The van der Waals surface area contributed by atoms with Gasteiger partial charge in [-0.2, -0.15) is 4.98 Å². The van der Waals surface area contributed by atoms with Gasteiger partial charge >= 0.3 is 0 Å². The second-order valence-corrected chi connectivity index (χ2v) is 4.84. The molecule has 0 N–H and O–H groups in total. The van der Waals surface area contributed by atoms with Gasteiger partial charge in [0.05, 0.1) is 6.54 Å². The number of rotatable bonds is 4. The first kappa shape index (κ1) is 11.9. The molecule has 0 fully saturated rings. The van der Waals surface area contributed by atoms with E-state index in [1.165, 1.54) is 22.9 Å². The zero-order valence-corrected chi connectivity index (χ0v) is 11.1. The minimum Gasteiger partial charge on any atom is -0.351 e. The van der Waals surface area contributed by atoms with Gasteiger partial charge in [0.1, 0.15) is 0 Å². The van der Waals surface area contributed by atoms with Gasteiger partial charge in [0.25, 0.3) is 0 Å². The van der Waals surface area contributed by atoms with Crippen LogP contribution in [0.1, 0.15) is 11.4 Å². The number of aryl methyl sites for hydroxylation is 1. The Balaban J connectivity index is 1.73. The van der Waals surface area contributed by atoms with E-state index in [-0.39, 0.29) is 0 Å². The summed E-state index contributed by atoms with van der Waals surface area (Å²) >= 11 is 0. The highest BCUT2D eigenvalue weighted by molar-refractivity contribution is 5.80. The smallest absolute Gasteiger partial charge is 0.213 e. The molecular formula is C14H16N4O. The van der Waals surface area contributed by atoms with Crippen LogP contribution in [-0.4, -0.2) is 26.7 Å². The van der Waals surface area contributed by atoms with E-state index in [0.29, 0.717) is 12.4 Å². The lowest BCUT2D eigenvalue weighted by Crippen LogP contribution is -2.17. The predicted molar refractivity (Wildman–Crippen MR) is 72.4 cm³/mol. The first-order valence-electron chi connectivity index (χ1n) is 6.20. The summed E-state index contributed by atoms with van der Waals surface area (Å²) in [7, 11) is 4.11. The number of nitrogens with zero attached hydrogens (tertiary/aromatic N) is 4. The van der Waals surface area contributed by atoms with Crippen molar-refractivity contribution in [2.45, 2.75) is 13.1 Å². The molecule has 0 saturated carbocycles. The Bertz CT molecular complexity index is 672. The molecule has 1 aromatic carbocycles. The first-order valence-corrected chi connectivity index (χ1v) is 6.20. The summed E-state index contributed by atoms with van der Waals surface area (Å²) in [4.78, 5) is 6.19. The molecule has 0 amide bonds. The first-order chi connectivity index (χ1) is 9.22. The molecule has 98 valence electrons. The maximum absolute atomic E-state index is 4.74. The van der Waals surface area contributed by atoms with Crippen LogP contribution in [0.25, 0.3) is 10.9 Å². The Morgan fingerprint density at radius 2 is 2.16 bits per heavy atom. The van der Waals surface area contributed by atoms with Crippen molar-refractivity contribution >= 4 is 10.9 Å². The largest absolute Gasteiger partial charge is 0.351 e. The van der Waals surface area contributed by atoms with Gasteiger partial charge in [-0.3, -0.25) is 4.90 Å². The maximum atomic E-state index is 4.74. The molecule has 0 atom stereocenters. The molecule has 0 radical (unpaired) electrons. The highest BCUT2D eigenvalue weighted by Crippen LogP contribution is 2.17. The molecule has 0 aliphatic heterocycles. The summed E-state index contributed by atoms with van der Waals surface area (Å²) in [6.07, 6.45) is 3.44. The van der Waals surface area contributed by atoms with Gasteiger partial charge in [-0.05, 0) is 36.2 Å². The van der Waals surface area contributed by atoms with Crippen LogP contribution in [-0.2, 0) is 20.1 Å². The zero-order valence-electron chi connectivity index (χ0n) is 11.1. The van der Waals surface area contributed by atoms with E-state index < -0.39 is 0 Å². The third kappa shape index (κ3) is 2.51. The van der Waals surface area contributed by atoms with Crippen molar-refractivity contribution in [1.29, 1.82) is 0 Å². The van der Waals surface area contributed by atoms with Crippen LogP contribution in [0, 0.1) is 0 Å². The van der Waals surface area contributed by atoms with Crippen LogP contribution < -0.4 is 0 Å². The molecule has 0 spiro atoms. The zero-order chi connectivity index (χ0) is 13.2. The minimum atomic E-state index is 0.684. The van der Waals surface area contributed by atoms with E-state index in [0.717, 1.165) is 6.54 Å². The van der Waals surface area contributed by atoms with Crippen molar-refractivity contribution in [3.63, 3.8) is 0 Å². The minimum absolute atomic E-state index is 0.684. The van der Waals surface area contributed by atoms with E-state index in [9.17, 15) is 0 Å². The Morgan fingerprint density at radius 3 is 2.95 bits per heavy atom. The van der Waals surface area contributed by atoms with Gasteiger partial charge < -0.3 is 9.09 Å². The summed E-state index contributed by atoms with van der Waals surface area (Å²) < 4.78 is 6.86. The molecular weight excluding hydrogens is 240 g/mol. The SMILES string of the molecule is CN(Cc1ccc2c(ccn2C)c1)Cc1ncon1. The fraction of sp³-hybridized carbons (Fsp3) is 0.286. The number of benzene rings is 1. The van der Waals surface area contributed by atoms with E-state index in [1.807, 2.05) is 7.05 Å². The van der Waals surface area contributed by atoms with Gasteiger partial charge in [0.15, 0.2) is 5.82 Å². The molecule has 5 heteroatoms. The number of hydrogen-bond acceptors (Lipinski definition) is 4. The van der Waals surface area contributed by atoms with Gasteiger partial charge in [0.2, 0.25) is 6.39 Å². The van der Waals surface area contributed by atoms with Crippen LogP contribution >= 0.6 is 0 Å². The fourth-order valence-electron chi connectivity index (χ4n) is 2.30. The molecule has 2 heterocycles. The fourth-order valence-corrected chi connectivity index (χ4v) is 2.30.